The Kier molecular flexibility index (Phi) is 6.18. The van der Waals surface area contributed by atoms with Gasteiger partial charge in [0, 0.05) is 17.2 Å². The molecule has 1 N–H and O–H groups in total. The quantitative estimate of drug-likeness (QED) is 0.324. The van der Waals surface area contributed by atoms with Crippen molar-refractivity contribution < 1.29 is 17.2 Å². The molecule has 0 amide bonds. The first kappa shape index (κ1) is 23.6. The van der Waals surface area contributed by atoms with Gasteiger partial charge in [-0.2, -0.15) is 0 Å². The van der Waals surface area contributed by atoms with Gasteiger partial charge in [-0.15, -0.1) is 11.3 Å². The van der Waals surface area contributed by atoms with Crippen molar-refractivity contribution in [3.63, 3.8) is 0 Å². The van der Waals surface area contributed by atoms with Crippen LogP contribution >= 0.6 is 11.3 Å². The third kappa shape index (κ3) is 4.60. The third-order valence-corrected chi connectivity index (χ3v) is 9.14. The lowest BCUT2D eigenvalue weighted by Crippen LogP contribution is -2.24. The second kappa shape index (κ2) is 9.16. The maximum absolute atomic E-state index is 15.8. The molecule has 35 heavy (non-hydrogen) atoms. The van der Waals surface area contributed by atoms with Gasteiger partial charge >= 0.3 is 0 Å². The Balaban J connectivity index is 1.63. The van der Waals surface area contributed by atoms with E-state index in [4.69, 9.17) is 9.40 Å². The highest BCUT2D eigenvalue weighted by molar-refractivity contribution is 7.92. The smallest absolute Gasteiger partial charge is 0.265 e. The van der Waals surface area contributed by atoms with Crippen LogP contribution in [-0.4, -0.2) is 23.4 Å². The normalized spacial score (nSPS) is 15.7. The van der Waals surface area contributed by atoms with Crippen LogP contribution in [0.1, 0.15) is 49.9 Å². The molecule has 3 aromatic heterocycles. The first-order chi connectivity index (χ1) is 16.8. The van der Waals surface area contributed by atoms with Crippen LogP contribution in [0.5, 0.6) is 0 Å². The van der Waals surface area contributed by atoms with Gasteiger partial charge in [-0.3, -0.25) is 4.72 Å². The number of hydrogen-bond donors (Lipinski definition) is 1. The number of hydrogen-bond acceptors (Lipinski definition) is 7. The molecule has 1 aliphatic carbocycles. The van der Waals surface area contributed by atoms with Crippen molar-refractivity contribution in [2.24, 2.45) is 0 Å². The number of nitrogens with zero attached hydrogens (tertiary/aromatic N) is 3. The van der Waals surface area contributed by atoms with E-state index in [0.29, 0.717) is 17.2 Å². The fraction of sp³-hybridized carbons (Fsp3) is 0.320. The van der Waals surface area contributed by atoms with Crippen molar-refractivity contribution in [3.8, 4) is 21.8 Å². The summed E-state index contributed by atoms with van der Waals surface area (Å²) in [5, 5.41) is 0.947. The monoisotopic (exact) mass is 512 g/mol. The number of halogens is 1. The van der Waals surface area contributed by atoms with Gasteiger partial charge in [-0.05, 0) is 44.0 Å². The van der Waals surface area contributed by atoms with E-state index in [1.165, 1.54) is 36.2 Å². The molecule has 10 heteroatoms. The van der Waals surface area contributed by atoms with Crippen LogP contribution in [0.25, 0.3) is 21.8 Å². The van der Waals surface area contributed by atoms with Gasteiger partial charge in [0.15, 0.2) is 5.82 Å². The van der Waals surface area contributed by atoms with Crippen LogP contribution in [0.3, 0.4) is 0 Å². The largest absolute Gasteiger partial charge is 0.471 e. The number of aryl methyl sites for hydroxylation is 1. The molecule has 182 valence electrons. The molecule has 4 aromatic rings. The van der Waals surface area contributed by atoms with E-state index >= 15 is 4.39 Å². The topological polar surface area (TPSA) is 98.0 Å². The fourth-order valence-corrected chi connectivity index (χ4v) is 6.70. The minimum Gasteiger partial charge on any atom is -0.471 e. The molecule has 7 nitrogen and oxygen atoms in total. The van der Waals surface area contributed by atoms with Crippen molar-refractivity contribution >= 4 is 27.0 Å². The van der Waals surface area contributed by atoms with E-state index in [1.807, 2.05) is 0 Å². The minimum atomic E-state index is -4.00. The van der Waals surface area contributed by atoms with Crippen molar-refractivity contribution in [1.82, 2.24) is 15.0 Å². The number of nitrogens with one attached hydrogen (secondary N) is 1. The number of benzene rings is 1. The number of sulfonamides is 1. The summed E-state index contributed by atoms with van der Waals surface area (Å²) in [5.41, 5.74) is 1.09. The van der Waals surface area contributed by atoms with Gasteiger partial charge in [0.25, 0.3) is 10.0 Å². The molecule has 0 saturated heterocycles. The SMILES string of the molecule is Cc1nccc(-c2sc(C3(C)CCCCC3)nc2-c2cccc(NS(=O)(=O)c3ccoc3)c2F)n1. The molecular weight excluding hydrogens is 487 g/mol. The average Bonchev–Trinajstić information content (AvgIpc) is 3.52. The summed E-state index contributed by atoms with van der Waals surface area (Å²) in [5.74, 6) is -0.0911. The van der Waals surface area contributed by atoms with E-state index in [9.17, 15) is 8.42 Å². The van der Waals surface area contributed by atoms with E-state index in [1.54, 1.807) is 31.3 Å². The van der Waals surface area contributed by atoms with Crippen LogP contribution in [-0.2, 0) is 15.4 Å². The summed E-state index contributed by atoms with van der Waals surface area (Å²) >= 11 is 1.53. The number of thiazole rings is 1. The lowest BCUT2D eigenvalue weighted by atomic mass is 9.76. The summed E-state index contributed by atoms with van der Waals surface area (Å²) in [6.07, 6.45) is 9.54. The van der Waals surface area contributed by atoms with Crippen LogP contribution in [0.15, 0.2) is 58.4 Å². The molecule has 0 radical (unpaired) electrons. The number of rotatable bonds is 6. The Morgan fingerprint density at radius 1 is 1.11 bits per heavy atom. The van der Waals surface area contributed by atoms with Crippen molar-refractivity contribution in [3.05, 3.63) is 65.7 Å². The Morgan fingerprint density at radius 2 is 1.91 bits per heavy atom. The van der Waals surface area contributed by atoms with Crippen molar-refractivity contribution in [2.45, 2.75) is 56.3 Å². The molecule has 0 aliphatic heterocycles. The van der Waals surface area contributed by atoms with Gasteiger partial charge < -0.3 is 4.42 Å². The molecule has 1 aromatic carbocycles. The molecule has 1 saturated carbocycles. The number of furan rings is 1. The predicted molar refractivity (Wildman–Crippen MR) is 133 cm³/mol. The average molecular weight is 513 g/mol. The zero-order valence-electron chi connectivity index (χ0n) is 19.4. The maximum Gasteiger partial charge on any atom is 0.265 e. The maximum atomic E-state index is 15.8. The highest BCUT2D eigenvalue weighted by atomic mass is 32.2. The minimum absolute atomic E-state index is 0.0828. The van der Waals surface area contributed by atoms with E-state index in [0.717, 1.165) is 41.8 Å². The molecule has 0 atom stereocenters. The lowest BCUT2D eigenvalue weighted by Gasteiger charge is -2.31. The second-order valence-corrected chi connectivity index (χ2v) is 11.7. The molecule has 0 bridgehead atoms. The van der Waals surface area contributed by atoms with Gasteiger partial charge in [0.05, 0.1) is 33.2 Å². The number of aromatic nitrogens is 3. The van der Waals surface area contributed by atoms with Gasteiger partial charge in [0.1, 0.15) is 17.0 Å². The van der Waals surface area contributed by atoms with Crippen LogP contribution in [0.2, 0.25) is 0 Å². The van der Waals surface area contributed by atoms with E-state index in [2.05, 4.69) is 21.6 Å². The molecule has 5 rings (SSSR count). The Hall–Kier alpha value is -3.11. The Labute approximate surface area is 207 Å². The summed E-state index contributed by atoms with van der Waals surface area (Å²) in [6.45, 7) is 4.02. The molecule has 1 fully saturated rings. The second-order valence-electron chi connectivity index (χ2n) is 9.04. The van der Waals surface area contributed by atoms with Gasteiger partial charge in [-0.25, -0.2) is 27.8 Å². The number of anilines is 1. The van der Waals surface area contributed by atoms with Crippen LogP contribution in [0, 0.1) is 12.7 Å². The fourth-order valence-electron chi connectivity index (χ4n) is 4.47. The standard InChI is InChI=1S/C25H25FN4O3S2/c1-16-27-13-9-20(28-16)23-22(29-24(34-23)25(2)11-4-3-5-12-25)18-7-6-8-19(21(18)26)30-35(31,32)17-10-14-33-15-17/h6-10,13-15,30H,3-5,11-12H2,1-2H3. The van der Waals surface area contributed by atoms with Crippen LogP contribution < -0.4 is 4.72 Å². The summed E-state index contributed by atoms with van der Waals surface area (Å²) < 4.78 is 48.4. The molecule has 1 aliphatic rings. The molecule has 3 heterocycles. The highest BCUT2D eigenvalue weighted by Crippen LogP contribution is 2.46. The molecular formula is C25H25FN4O3S2. The predicted octanol–water partition coefficient (Wildman–Crippen LogP) is 6.33. The van der Waals surface area contributed by atoms with Crippen molar-refractivity contribution in [2.75, 3.05) is 4.72 Å². The Morgan fingerprint density at radius 3 is 2.63 bits per heavy atom. The highest BCUT2D eigenvalue weighted by Gasteiger charge is 2.34. The Bertz CT molecular complexity index is 1460. The van der Waals surface area contributed by atoms with Gasteiger partial charge in [0.2, 0.25) is 0 Å². The summed E-state index contributed by atoms with van der Waals surface area (Å²) in [4.78, 5) is 14.4. The van der Waals surface area contributed by atoms with E-state index in [-0.39, 0.29) is 21.6 Å². The zero-order chi connectivity index (χ0) is 24.6. The molecule has 0 unspecified atom stereocenters. The summed E-state index contributed by atoms with van der Waals surface area (Å²) in [7, 11) is -4.00. The van der Waals surface area contributed by atoms with E-state index < -0.39 is 15.8 Å². The summed E-state index contributed by atoms with van der Waals surface area (Å²) in [6, 6.07) is 7.71. The van der Waals surface area contributed by atoms with Crippen molar-refractivity contribution in [1.29, 1.82) is 0 Å². The first-order valence-corrected chi connectivity index (χ1v) is 13.7. The molecule has 0 spiro atoms. The third-order valence-electron chi connectivity index (χ3n) is 6.41. The zero-order valence-corrected chi connectivity index (χ0v) is 21.0. The van der Waals surface area contributed by atoms with Gasteiger partial charge in [-0.1, -0.05) is 32.3 Å². The lowest BCUT2D eigenvalue weighted by molar-refractivity contribution is 0.318. The first-order valence-electron chi connectivity index (χ1n) is 11.4. The van der Waals surface area contributed by atoms with Crippen LogP contribution in [0.4, 0.5) is 10.1 Å².